The summed E-state index contributed by atoms with van der Waals surface area (Å²) < 4.78 is 19.8. The number of fused-ring (bicyclic) bond motifs is 1. The summed E-state index contributed by atoms with van der Waals surface area (Å²) in [6.45, 7) is 1.15. The fourth-order valence-electron chi connectivity index (χ4n) is 3.67. The zero-order valence-corrected chi connectivity index (χ0v) is 15.7. The third-order valence-electron chi connectivity index (χ3n) is 5.11. The molecule has 1 aliphatic heterocycles. The Morgan fingerprint density at radius 3 is 3.07 bits per heavy atom. The van der Waals surface area contributed by atoms with E-state index in [1.807, 2.05) is 16.8 Å². The lowest BCUT2D eigenvalue weighted by Gasteiger charge is -2.30. The molecule has 0 aliphatic carbocycles. The van der Waals surface area contributed by atoms with Gasteiger partial charge in [-0.3, -0.25) is 4.79 Å². The number of nitrogens with zero attached hydrogens (tertiary/aromatic N) is 3. The van der Waals surface area contributed by atoms with Crippen LogP contribution in [0, 0.1) is 5.82 Å². The lowest BCUT2D eigenvalue weighted by atomic mass is 9.98. The van der Waals surface area contributed by atoms with Crippen LogP contribution in [0.1, 0.15) is 35.1 Å². The predicted octanol–water partition coefficient (Wildman–Crippen LogP) is 4.44. The number of hydrogen-bond acceptors (Lipinski definition) is 5. The molecule has 1 saturated heterocycles. The number of aromatic amines is 1. The smallest absolute Gasteiger partial charge is 0.270 e. The Hall–Kier alpha value is -3.00. The molecule has 0 saturated carbocycles. The highest BCUT2D eigenvalue weighted by Gasteiger charge is 2.30. The number of benzene rings is 1. The van der Waals surface area contributed by atoms with Crippen LogP contribution in [0.3, 0.4) is 0 Å². The SMILES string of the molecule is O=C(c1cc2c(F)cccc2[nH]1)N1CCC[C@H](c2nnc(-c3ccsc3)o2)C1. The molecule has 3 aromatic heterocycles. The van der Waals surface area contributed by atoms with Gasteiger partial charge in [-0.1, -0.05) is 6.07 Å². The van der Waals surface area contributed by atoms with Gasteiger partial charge in [0.05, 0.1) is 5.92 Å². The molecule has 28 heavy (non-hydrogen) atoms. The van der Waals surface area contributed by atoms with Crippen molar-refractivity contribution in [3.05, 3.63) is 58.5 Å². The molecule has 8 heteroatoms. The Labute approximate surface area is 164 Å². The largest absolute Gasteiger partial charge is 0.420 e. The summed E-state index contributed by atoms with van der Waals surface area (Å²) in [6.07, 6.45) is 1.73. The highest BCUT2D eigenvalue weighted by atomic mass is 32.1. The van der Waals surface area contributed by atoms with Crippen LogP contribution in [0.15, 0.2) is 45.5 Å². The Bertz CT molecular complexity index is 1130. The van der Waals surface area contributed by atoms with Crippen molar-refractivity contribution in [2.24, 2.45) is 0 Å². The van der Waals surface area contributed by atoms with E-state index in [-0.39, 0.29) is 17.6 Å². The summed E-state index contributed by atoms with van der Waals surface area (Å²) in [5, 5.41) is 12.7. The van der Waals surface area contributed by atoms with Crippen molar-refractivity contribution < 1.29 is 13.6 Å². The van der Waals surface area contributed by atoms with Gasteiger partial charge in [0.1, 0.15) is 11.5 Å². The number of H-pyrrole nitrogens is 1. The first-order chi connectivity index (χ1) is 13.7. The molecule has 0 radical (unpaired) electrons. The molecule has 142 valence electrons. The van der Waals surface area contributed by atoms with E-state index in [0.717, 1.165) is 18.4 Å². The summed E-state index contributed by atoms with van der Waals surface area (Å²) in [5.41, 5.74) is 1.92. The van der Waals surface area contributed by atoms with Crippen LogP contribution in [0.5, 0.6) is 0 Å². The second kappa shape index (κ2) is 6.87. The van der Waals surface area contributed by atoms with Crippen molar-refractivity contribution in [1.82, 2.24) is 20.1 Å². The normalized spacial score (nSPS) is 17.3. The fraction of sp³-hybridized carbons (Fsp3) is 0.250. The van der Waals surface area contributed by atoms with Gasteiger partial charge in [-0.15, -0.1) is 10.2 Å². The average molecular weight is 396 g/mol. The maximum Gasteiger partial charge on any atom is 0.270 e. The molecule has 0 bridgehead atoms. The molecule has 0 spiro atoms. The molecule has 1 atom stereocenters. The first-order valence-electron chi connectivity index (χ1n) is 9.11. The molecule has 5 rings (SSSR count). The third-order valence-corrected chi connectivity index (χ3v) is 5.79. The number of hydrogen-bond donors (Lipinski definition) is 1. The Morgan fingerprint density at radius 2 is 2.25 bits per heavy atom. The summed E-state index contributed by atoms with van der Waals surface area (Å²) in [4.78, 5) is 17.8. The van der Waals surface area contributed by atoms with E-state index in [2.05, 4.69) is 15.2 Å². The molecule has 1 amide bonds. The highest BCUT2D eigenvalue weighted by Crippen LogP contribution is 2.30. The minimum absolute atomic E-state index is 0.00120. The number of nitrogens with one attached hydrogen (secondary N) is 1. The highest BCUT2D eigenvalue weighted by molar-refractivity contribution is 7.08. The number of halogens is 1. The minimum atomic E-state index is -0.337. The molecule has 4 heterocycles. The second-order valence-electron chi connectivity index (χ2n) is 6.93. The Kier molecular flexibility index (Phi) is 4.20. The summed E-state index contributed by atoms with van der Waals surface area (Å²) in [6, 6.07) is 8.30. The van der Waals surface area contributed by atoms with E-state index in [0.29, 0.717) is 41.5 Å². The van der Waals surface area contributed by atoms with Crippen LogP contribution < -0.4 is 0 Å². The number of carbonyl (C=O) groups excluding carboxylic acids is 1. The lowest BCUT2D eigenvalue weighted by molar-refractivity contribution is 0.0693. The van der Waals surface area contributed by atoms with Gasteiger partial charge in [-0.25, -0.2) is 4.39 Å². The van der Waals surface area contributed by atoms with E-state index in [1.54, 1.807) is 34.4 Å². The first-order valence-corrected chi connectivity index (χ1v) is 10.1. The number of likely N-dealkylation sites (tertiary alicyclic amines) is 1. The molecule has 6 nitrogen and oxygen atoms in total. The van der Waals surface area contributed by atoms with Gasteiger partial charge in [0, 0.05) is 34.9 Å². The van der Waals surface area contributed by atoms with Gasteiger partial charge in [-0.2, -0.15) is 11.3 Å². The third kappa shape index (κ3) is 2.99. The zero-order valence-electron chi connectivity index (χ0n) is 14.9. The quantitative estimate of drug-likeness (QED) is 0.556. The van der Waals surface area contributed by atoms with Gasteiger partial charge in [0.2, 0.25) is 11.8 Å². The van der Waals surface area contributed by atoms with Crippen LogP contribution in [0.25, 0.3) is 22.4 Å². The van der Waals surface area contributed by atoms with Crippen LogP contribution in [0.4, 0.5) is 4.39 Å². The predicted molar refractivity (Wildman–Crippen MR) is 104 cm³/mol. The number of thiophene rings is 1. The molecular weight excluding hydrogens is 379 g/mol. The zero-order chi connectivity index (χ0) is 19.1. The summed E-state index contributed by atoms with van der Waals surface area (Å²) in [7, 11) is 0. The molecule has 1 fully saturated rings. The molecular formula is C20H17FN4O2S. The van der Waals surface area contributed by atoms with Crippen molar-refractivity contribution in [2.75, 3.05) is 13.1 Å². The fourth-order valence-corrected chi connectivity index (χ4v) is 4.30. The van der Waals surface area contributed by atoms with Crippen LogP contribution >= 0.6 is 11.3 Å². The summed E-state index contributed by atoms with van der Waals surface area (Å²) in [5.74, 6) is 0.583. The number of piperidine rings is 1. The number of aromatic nitrogens is 3. The van der Waals surface area contributed by atoms with E-state index < -0.39 is 0 Å². The van der Waals surface area contributed by atoms with E-state index in [1.165, 1.54) is 6.07 Å². The van der Waals surface area contributed by atoms with Crippen molar-refractivity contribution in [3.8, 4) is 11.5 Å². The van der Waals surface area contributed by atoms with Crippen molar-refractivity contribution in [3.63, 3.8) is 0 Å². The van der Waals surface area contributed by atoms with Crippen molar-refractivity contribution in [1.29, 1.82) is 0 Å². The number of amides is 1. The van der Waals surface area contributed by atoms with E-state index in [4.69, 9.17) is 4.42 Å². The Balaban J connectivity index is 1.36. The van der Waals surface area contributed by atoms with Crippen LogP contribution in [-0.2, 0) is 0 Å². The van der Waals surface area contributed by atoms with Gasteiger partial charge in [-0.05, 0) is 42.5 Å². The topological polar surface area (TPSA) is 75.0 Å². The van der Waals surface area contributed by atoms with Crippen LogP contribution in [-0.4, -0.2) is 39.1 Å². The number of carbonyl (C=O) groups is 1. The maximum atomic E-state index is 13.9. The van der Waals surface area contributed by atoms with Crippen molar-refractivity contribution in [2.45, 2.75) is 18.8 Å². The first kappa shape index (κ1) is 17.1. The average Bonchev–Trinajstić information content (AvgIpc) is 3.47. The molecule has 4 aromatic rings. The monoisotopic (exact) mass is 396 g/mol. The van der Waals surface area contributed by atoms with Crippen LogP contribution in [0.2, 0.25) is 0 Å². The maximum absolute atomic E-state index is 13.9. The van der Waals surface area contributed by atoms with Crippen molar-refractivity contribution >= 4 is 28.1 Å². The van der Waals surface area contributed by atoms with E-state index in [9.17, 15) is 9.18 Å². The number of rotatable bonds is 3. The van der Waals surface area contributed by atoms with Gasteiger partial charge in [0.15, 0.2) is 0 Å². The van der Waals surface area contributed by atoms with Gasteiger partial charge < -0.3 is 14.3 Å². The lowest BCUT2D eigenvalue weighted by Crippen LogP contribution is -2.39. The molecule has 1 N–H and O–H groups in total. The molecule has 1 aliphatic rings. The standard InChI is InChI=1S/C20H17FN4O2S/c21-15-4-1-5-16-14(15)9-17(22-16)20(26)25-7-2-3-12(10-25)18-23-24-19(27-18)13-6-8-28-11-13/h1,4-6,8-9,11-12,22H,2-3,7,10H2/t12-/m0/s1. The summed E-state index contributed by atoms with van der Waals surface area (Å²) >= 11 is 1.57. The minimum Gasteiger partial charge on any atom is -0.420 e. The Morgan fingerprint density at radius 1 is 1.32 bits per heavy atom. The second-order valence-corrected chi connectivity index (χ2v) is 7.71. The molecule has 0 unspecified atom stereocenters. The molecule has 1 aromatic carbocycles. The van der Waals surface area contributed by atoms with E-state index >= 15 is 0 Å². The van der Waals surface area contributed by atoms with Gasteiger partial charge >= 0.3 is 0 Å². The van der Waals surface area contributed by atoms with Gasteiger partial charge in [0.25, 0.3) is 5.91 Å².